The Morgan fingerprint density at radius 3 is 2.48 bits per heavy atom. The van der Waals surface area contributed by atoms with E-state index in [-0.39, 0.29) is 24.6 Å². The maximum Gasteiger partial charge on any atom is 0.329 e. The van der Waals surface area contributed by atoms with Crippen LogP contribution in [0, 0.1) is 24.0 Å². The molecule has 1 aliphatic carbocycles. The van der Waals surface area contributed by atoms with Gasteiger partial charge in [-0.2, -0.15) is 5.10 Å². The van der Waals surface area contributed by atoms with Crippen molar-refractivity contribution < 1.29 is 19.6 Å². The molecule has 1 heterocycles. The molecule has 2 rings (SSSR count). The van der Waals surface area contributed by atoms with Gasteiger partial charge in [0.2, 0.25) is 5.91 Å². The molecule has 0 radical (unpaired) electrons. The van der Waals surface area contributed by atoms with Crippen molar-refractivity contribution in [2.75, 3.05) is 0 Å². The van der Waals surface area contributed by atoms with E-state index in [0.29, 0.717) is 24.2 Å². The van der Waals surface area contributed by atoms with Crippen molar-refractivity contribution in [3.63, 3.8) is 0 Å². The third-order valence-electron chi connectivity index (χ3n) is 4.32. The molecule has 1 aromatic rings. The van der Waals surface area contributed by atoms with Gasteiger partial charge in [-0.15, -0.1) is 0 Å². The lowest BCUT2D eigenvalue weighted by molar-refractivity contribution is -0.386. The predicted molar refractivity (Wildman–Crippen MR) is 79.9 cm³/mol. The molecule has 9 nitrogen and oxygen atoms in total. The lowest BCUT2D eigenvalue weighted by Crippen LogP contribution is -2.52. The van der Waals surface area contributed by atoms with Crippen LogP contribution in [0.25, 0.3) is 0 Å². The molecule has 1 fully saturated rings. The van der Waals surface area contributed by atoms with Gasteiger partial charge in [0.1, 0.15) is 16.9 Å². The Labute approximate surface area is 132 Å². The number of amides is 1. The zero-order chi connectivity index (χ0) is 17.2. The fourth-order valence-corrected chi connectivity index (χ4v) is 3.08. The summed E-state index contributed by atoms with van der Waals surface area (Å²) in [7, 11) is 0. The number of nitro groups is 1. The summed E-state index contributed by atoms with van der Waals surface area (Å²) in [5, 5.41) is 27.0. The largest absolute Gasteiger partial charge is 0.480 e. The number of nitrogens with zero attached hydrogens (tertiary/aromatic N) is 3. The van der Waals surface area contributed by atoms with Crippen LogP contribution in [0.5, 0.6) is 0 Å². The minimum absolute atomic E-state index is 0.0220. The minimum atomic E-state index is -1.17. The summed E-state index contributed by atoms with van der Waals surface area (Å²) in [6, 6.07) is 0. The predicted octanol–water partition coefficient (Wildman–Crippen LogP) is 1.31. The first kappa shape index (κ1) is 16.9. The van der Waals surface area contributed by atoms with Crippen LogP contribution in [0.1, 0.15) is 43.5 Å². The molecule has 1 saturated carbocycles. The van der Waals surface area contributed by atoms with E-state index >= 15 is 0 Å². The summed E-state index contributed by atoms with van der Waals surface area (Å²) in [6.07, 6.45) is 2.43. The first-order chi connectivity index (χ1) is 10.8. The third kappa shape index (κ3) is 3.33. The van der Waals surface area contributed by atoms with Crippen LogP contribution in [0.15, 0.2) is 0 Å². The van der Waals surface area contributed by atoms with E-state index in [1.165, 1.54) is 4.68 Å². The van der Waals surface area contributed by atoms with Gasteiger partial charge in [0.15, 0.2) is 0 Å². The quantitative estimate of drug-likeness (QED) is 0.600. The van der Waals surface area contributed by atoms with Gasteiger partial charge < -0.3 is 10.4 Å². The van der Waals surface area contributed by atoms with E-state index in [1.54, 1.807) is 13.8 Å². The summed E-state index contributed by atoms with van der Waals surface area (Å²) >= 11 is 0. The van der Waals surface area contributed by atoms with Gasteiger partial charge in [-0.3, -0.25) is 19.6 Å². The van der Waals surface area contributed by atoms with Crippen molar-refractivity contribution in [1.82, 2.24) is 15.1 Å². The molecule has 0 aliphatic heterocycles. The standard InChI is InChI=1S/C14H20N4O5/c1-9-12(18(22)23)10(2)17(16-9)8-5-11(19)15-14(13(20)21)6-3-4-7-14/h3-8H2,1-2H3,(H,15,19)(H,20,21). The van der Waals surface area contributed by atoms with E-state index in [9.17, 15) is 24.8 Å². The van der Waals surface area contributed by atoms with Crippen LogP contribution >= 0.6 is 0 Å². The van der Waals surface area contributed by atoms with Crippen molar-refractivity contribution in [2.45, 2.75) is 58.0 Å². The second-order valence-corrected chi connectivity index (χ2v) is 5.89. The summed E-state index contributed by atoms with van der Waals surface area (Å²) in [6.45, 7) is 3.29. The lowest BCUT2D eigenvalue weighted by Gasteiger charge is -2.25. The number of rotatable bonds is 6. The van der Waals surface area contributed by atoms with E-state index < -0.39 is 16.4 Å². The third-order valence-corrected chi connectivity index (χ3v) is 4.32. The minimum Gasteiger partial charge on any atom is -0.480 e. The average Bonchev–Trinajstić information content (AvgIpc) is 3.02. The van der Waals surface area contributed by atoms with Crippen LogP contribution in [-0.4, -0.2) is 37.2 Å². The number of carbonyl (C=O) groups is 2. The van der Waals surface area contributed by atoms with Crippen molar-refractivity contribution in [2.24, 2.45) is 0 Å². The van der Waals surface area contributed by atoms with Crippen LogP contribution in [-0.2, 0) is 16.1 Å². The molecular formula is C14H20N4O5. The van der Waals surface area contributed by atoms with Crippen molar-refractivity contribution in [1.29, 1.82) is 0 Å². The molecular weight excluding hydrogens is 304 g/mol. The lowest BCUT2D eigenvalue weighted by atomic mass is 9.97. The average molecular weight is 324 g/mol. The molecule has 1 amide bonds. The summed E-state index contributed by atoms with van der Waals surface area (Å²) < 4.78 is 1.41. The van der Waals surface area contributed by atoms with Gasteiger partial charge in [-0.25, -0.2) is 4.79 Å². The number of nitrogens with one attached hydrogen (secondary N) is 1. The van der Waals surface area contributed by atoms with Gasteiger partial charge in [0, 0.05) is 6.42 Å². The Balaban J connectivity index is 2.01. The molecule has 1 aromatic heterocycles. The number of hydrogen-bond acceptors (Lipinski definition) is 5. The summed E-state index contributed by atoms with van der Waals surface area (Å²) in [5.41, 5.74) is -0.541. The number of aromatic nitrogens is 2. The molecule has 126 valence electrons. The Morgan fingerprint density at radius 1 is 1.39 bits per heavy atom. The summed E-state index contributed by atoms with van der Waals surface area (Å²) in [5.74, 6) is -1.39. The molecule has 2 N–H and O–H groups in total. The van der Waals surface area contributed by atoms with E-state index in [0.717, 1.165) is 12.8 Å². The highest BCUT2D eigenvalue weighted by Gasteiger charge is 2.42. The fraction of sp³-hybridized carbons (Fsp3) is 0.643. The first-order valence-electron chi connectivity index (χ1n) is 7.49. The molecule has 23 heavy (non-hydrogen) atoms. The second-order valence-electron chi connectivity index (χ2n) is 5.89. The summed E-state index contributed by atoms with van der Waals surface area (Å²) in [4.78, 5) is 33.9. The molecule has 0 saturated heterocycles. The van der Waals surface area contributed by atoms with Crippen molar-refractivity contribution >= 4 is 17.6 Å². The van der Waals surface area contributed by atoms with E-state index in [1.807, 2.05) is 0 Å². The normalized spacial score (nSPS) is 16.3. The second kappa shape index (κ2) is 6.35. The zero-order valence-electron chi connectivity index (χ0n) is 13.2. The van der Waals surface area contributed by atoms with Gasteiger partial charge >= 0.3 is 11.7 Å². The molecule has 0 atom stereocenters. The highest BCUT2D eigenvalue weighted by molar-refractivity contribution is 5.87. The highest BCUT2D eigenvalue weighted by atomic mass is 16.6. The maximum absolute atomic E-state index is 12.1. The smallest absolute Gasteiger partial charge is 0.329 e. The molecule has 0 bridgehead atoms. The molecule has 0 aromatic carbocycles. The Hall–Kier alpha value is -2.45. The Bertz CT molecular complexity index is 646. The van der Waals surface area contributed by atoms with Gasteiger partial charge in [0.25, 0.3) is 0 Å². The van der Waals surface area contributed by atoms with Crippen molar-refractivity contribution in [3.05, 3.63) is 21.5 Å². The van der Waals surface area contributed by atoms with Crippen LogP contribution in [0.2, 0.25) is 0 Å². The number of hydrogen-bond donors (Lipinski definition) is 2. The van der Waals surface area contributed by atoms with Crippen LogP contribution in [0.4, 0.5) is 5.69 Å². The fourth-order valence-electron chi connectivity index (χ4n) is 3.08. The molecule has 9 heteroatoms. The van der Waals surface area contributed by atoms with Gasteiger partial charge in [-0.05, 0) is 26.7 Å². The van der Waals surface area contributed by atoms with E-state index in [2.05, 4.69) is 10.4 Å². The van der Waals surface area contributed by atoms with Crippen molar-refractivity contribution in [3.8, 4) is 0 Å². The number of carboxylic acid groups (broad SMARTS) is 1. The number of aliphatic carboxylic acids is 1. The first-order valence-corrected chi connectivity index (χ1v) is 7.49. The van der Waals surface area contributed by atoms with Crippen LogP contribution in [0.3, 0.4) is 0 Å². The number of aryl methyl sites for hydroxylation is 2. The number of carboxylic acids is 1. The maximum atomic E-state index is 12.1. The molecule has 0 spiro atoms. The Morgan fingerprint density at radius 2 is 2.00 bits per heavy atom. The molecule has 0 unspecified atom stereocenters. The van der Waals surface area contributed by atoms with E-state index in [4.69, 9.17) is 0 Å². The Kier molecular flexibility index (Phi) is 4.67. The monoisotopic (exact) mass is 324 g/mol. The van der Waals surface area contributed by atoms with Crippen LogP contribution < -0.4 is 5.32 Å². The number of carbonyl (C=O) groups excluding carboxylic acids is 1. The molecule has 1 aliphatic rings. The highest BCUT2D eigenvalue weighted by Crippen LogP contribution is 2.30. The zero-order valence-corrected chi connectivity index (χ0v) is 13.2. The topological polar surface area (TPSA) is 127 Å². The van der Waals surface area contributed by atoms with Gasteiger partial charge in [0.05, 0.1) is 11.5 Å². The van der Waals surface area contributed by atoms with Gasteiger partial charge in [-0.1, -0.05) is 12.8 Å². The SMILES string of the molecule is Cc1nn(CCC(=O)NC2(C(=O)O)CCCC2)c(C)c1[N+](=O)[O-].